The first-order valence-electron chi connectivity index (χ1n) is 5.49. The second-order valence-electron chi connectivity index (χ2n) is 3.90. The Morgan fingerprint density at radius 3 is 3.18 bits per heavy atom. The fourth-order valence-electron chi connectivity index (χ4n) is 1.84. The number of aliphatic hydroxyl groups is 1. The molecule has 0 saturated carbocycles. The van der Waals surface area contributed by atoms with Crippen LogP contribution in [0.2, 0.25) is 0 Å². The van der Waals surface area contributed by atoms with E-state index in [1.807, 2.05) is 17.0 Å². The minimum atomic E-state index is -0.0848. The van der Waals surface area contributed by atoms with Gasteiger partial charge in [0.2, 0.25) is 0 Å². The summed E-state index contributed by atoms with van der Waals surface area (Å²) in [6, 6.07) is 5.27. The van der Waals surface area contributed by atoms with E-state index in [2.05, 4.69) is 4.98 Å². The summed E-state index contributed by atoms with van der Waals surface area (Å²) >= 11 is 0. The Kier molecular flexibility index (Phi) is 3.55. The minimum absolute atomic E-state index is 0.0198. The first-order chi connectivity index (χ1) is 8.22. The van der Waals surface area contributed by atoms with Gasteiger partial charge in [0.15, 0.2) is 0 Å². The maximum atomic E-state index is 9.28. The molecular weight excluding hydrogens is 220 g/mol. The van der Waals surface area contributed by atoms with Crippen LogP contribution in [0.15, 0.2) is 18.2 Å². The monoisotopic (exact) mass is 236 g/mol. The molecular formula is C11H16N4O2. The second-order valence-corrected chi connectivity index (χ2v) is 3.90. The van der Waals surface area contributed by atoms with Gasteiger partial charge in [0.25, 0.3) is 0 Å². The molecule has 17 heavy (non-hydrogen) atoms. The predicted molar refractivity (Wildman–Crippen MR) is 64.3 cm³/mol. The fraction of sp³-hybridized carbons (Fsp3) is 0.455. The van der Waals surface area contributed by atoms with E-state index in [1.165, 1.54) is 0 Å². The van der Waals surface area contributed by atoms with Gasteiger partial charge >= 0.3 is 0 Å². The summed E-state index contributed by atoms with van der Waals surface area (Å²) in [5, 5.41) is 16.6. The fourth-order valence-corrected chi connectivity index (χ4v) is 1.84. The van der Waals surface area contributed by atoms with Crippen molar-refractivity contribution < 1.29 is 9.84 Å². The highest BCUT2D eigenvalue weighted by atomic mass is 16.5. The van der Waals surface area contributed by atoms with Crippen molar-refractivity contribution in [1.29, 1.82) is 5.41 Å². The number of ether oxygens (including phenoxy) is 1. The zero-order valence-corrected chi connectivity index (χ0v) is 9.47. The molecule has 0 radical (unpaired) electrons. The minimum Gasteiger partial charge on any atom is -0.394 e. The summed E-state index contributed by atoms with van der Waals surface area (Å²) in [6.45, 7) is 1.80. The standard InChI is InChI=1S/C11H16N4O2/c12-11(13)9-2-1-3-10(14-9)15-4-5-17-7-8(15)6-16/h1-3,8,16H,4-7H2,(H3,12,13). The highest BCUT2D eigenvalue weighted by molar-refractivity contribution is 5.93. The third-order valence-corrected chi connectivity index (χ3v) is 2.74. The van der Waals surface area contributed by atoms with Crippen LogP contribution in [0.5, 0.6) is 0 Å². The molecule has 1 aliphatic heterocycles. The molecule has 1 aromatic rings. The largest absolute Gasteiger partial charge is 0.394 e. The summed E-state index contributed by atoms with van der Waals surface area (Å²) in [6.07, 6.45) is 0. The maximum Gasteiger partial charge on any atom is 0.141 e. The number of anilines is 1. The highest BCUT2D eigenvalue weighted by Gasteiger charge is 2.23. The molecule has 2 heterocycles. The quantitative estimate of drug-likeness (QED) is 0.488. The number of aromatic nitrogens is 1. The Labute approximate surface area is 99.5 Å². The van der Waals surface area contributed by atoms with E-state index >= 15 is 0 Å². The van der Waals surface area contributed by atoms with Gasteiger partial charge in [-0.25, -0.2) is 4.98 Å². The second kappa shape index (κ2) is 5.11. The average molecular weight is 236 g/mol. The van der Waals surface area contributed by atoms with Crippen molar-refractivity contribution in [2.45, 2.75) is 6.04 Å². The van der Waals surface area contributed by atoms with E-state index in [-0.39, 0.29) is 18.5 Å². The number of nitrogens with two attached hydrogens (primary N) is 1. The molecule has 1 aliphatic rings. The van der Waals surface area contributed by atoms with Gasteiger partial charge in [0.05, 0.1) is 25.9 Å². The van der Waals surface area contributed by atoms with Crippen LogP contribution in [-0.2, 0) is 4.74 Å². The Bertz CT molecular complexity index is 410. The number of nitrogens with one attached hydrogen (secondary N) is 1. The lowest BCUT2D eigenvalue weighted by atomic mass is 10.2. The Morgan fingerprint density at radius 2 is 2.47 bits per heavy atom. The third kappa shape index (κ3) is 2.54. The van der Waals surface area contributed by atoms with Gasteiger partial charge in [0.1, 0.15) is 17.3 Å². The van der Waals surface area contributed by atoms with E-state index in [1.54, 1.807) is 6.07 Å². The number of amidine groups is 1. The average Bonchev–Trinajstić information content (AvgIpc) is 2.39. The summed E-state index contributed by atoms with van der Waals surface area (Å²) in [4.78, 5) is 6.29. The van der Waals surface area contributed by atoms with Gasteiger partial charge in [0, 0.05) is 6.54 Å². The maximum absolute atomic E-state index is 9.28. The topological polar surface area (TPSA) is 95.5 Å². The molecule has 6 nitrogen and oxygen atoms in total. The number of rotatable bonds is 3. The molecule has 0 aromatic carbocycles. The van der Waals surface area contributed by atoms with Crippen LogP contribution in [0, 0.1) is 5.41 Å². The lowest BCUT2D eigenvalue weighted by molar-refractivity contribution is 0.0723. The number of hydrogen-bond donors (Lipinski definition) is 3. The van der Waals surface area contributed by atoms with Gasteiger partial charge in [-0.15, -0.1) is 0 Å². The van der Waals surface area contributed by atoms with Gasteiger partial charge < -0.3 is 20.5 Å². The SMILES string of the molecule is N=C(N)c1cccc(N2CCOCC2CO)n1. The van der Waals surface area contributed by atoms with Gasteiger partial charge in [-0.2, -0.15) is 0 Å². The normalized spacial score (nSPS) is 20.3. The Balaban J connectivity index is 2.25. The predicted octanol–water partition coefficient (Wildman–Crippen LogP) is -0.437. The van der Waals surface area contributed by atoms with Crippen LogP contribution in [-0.4, -0.2) is 48.3 Å². The summed E-state index contributed by atoms with van der Waals surface area (Å²) in [5.74, 6) is 0.667. The van der Waals surface area contributed by atoms with E-state index in [9.17, 15) is 5.11 Å². The van der Waals surface area contributed by atoms with E-state index in [4.69, 9.17) is 15.9 Å². The Morgan fingerprint density at radius 1 is 1.65 bits per heavy atom. The molecule has 2 rings (SSSR count). The number of morpholine rings is 1. The van der Waals surface area contributed by atoms with E-state index in [0.717, 1.165) is 5.82 Å². The lowest BCUT2D eigenvalue weighted by Gasteiger charge is -2.35. The molecule has 1 unspecified atom stereocenters. The molecule has 1 fully saturated rings. The van der Waals surface area contributed by atoms with Crippen molar-refractivity contribution in [3.63, 3.8) is 0 Å². The van der Waals surface area contributed by atoms with Gasteiger partial charge in [-0.1, -0.05) is 6.07 Å². The van der Waals surface area contributed by atoms with Crippen molar-refractivity contribution >= 4 is 11.7 Å². The van der Waals surface area contributed by atoms with Crippen molar-refractivity contribution in [3.05, 3.63) is 23.9 Å². The van der Waals surface area contributed by atoms with Crippen molar-refractivity contribution in [2.75, 3.05) is 31.3 Å². The highest BCUT2D eigenvalue weighted by Crippen LogP contribution is 2.17. The summed E-state index contributed by atoms with van der Waals surface area (Å²) in [7, 11) is 0. The van der Waals surface area contributed by atoms with E-state index in [0.29, 0.717) is 25.5 Å². The van der Waals surface area contributed by atoms with Gasteiger partial charge in [-0.05, 0) is 12.1 Å². The molecule has 0 amide bonds. The molecule has 1 saturated heterocycles. The number of aliphatic hydroxyl groups excluding tert-OH is 1. The number of pyridine rings is 1. The lowest BCUT2D eigenvalue weighted by Crippen LogP contribution is -2.48. The van der Waals surface area contributed by atoms with Crippen LogP contribution < -0.4 is 10.6 Å². The molecule has 1 atom stereocenters. The van der Waals surface area contributed by atoms with Crippen LogP contribution in [0.3, 0.4) is 0 Å². The molecule has 0 bridgehead atoms. The van der Waals surface area contributed by atoms with Crippen LogP contribution in [0.25, 0.3) is 0 Å². The molecule has 0 spiro atoms. The Hall–Kier alpha value is -1.66. The first-order valence-corrected chi connectivity index (χ1v) is 5.49. The molecule has 92 valence electrons. The molecule has 4 N–H and O–H groups in total. The van der Waals surface area contributed by atoms with Crippen molar-refractivity contribution in [2.24, 2.45) is 5.73 Å². The van der Waals surface area contributed by atoms with Crippen LogP contribution in [0.1, 0.15) is 5.69 Å². The zero-order valence-electron chi connectivity index (χ0n) is 9.47. The van der Waals surface area contributed by atoms with Crippen molar-refractivity contribution in [3.8, 4) is 0 Å². The smallest absolute Gasteiger partial charge is 0.141 e. The van der Waals surface area contributed by atoms with E-state index < -0.39 is 0 Å². The zero-order chi connectivity index (χ0) is 12.3. The third-order valence-electron chi connectivity index (χ3n) is 2.74. The first kappa shape index (κ1) is 11.8. The number of nitrogen functional groups attached to an aromatic ring is 1. The number of nitrogens with zero attached hydrogens (tertiary/aromatic N) is 2. The summed E-state index contributed by atoms with van der Waals surface area (Å²) in [5.41, 5.74) is 5.86. The summed E-state index contributed by atoms with van der Waals surface area (Å²) < 4.78 is 5.31. The molecule has 1 aromatic heterocycles. The van der Waals surface area contributed by atoms with Crippen LogP contribution >= 0.6 is 0 Å². The van der Waals surface area contributed by atoms with Crippen molar-refractivity contribution in [1.82, 2.24) is 4.98 Å². The molecule has 6 heteroatoms. The number of hydrogen-bond acceptors (Lipinski definition) is 5. The van der Waals surface area contributed by atoms with Gasteiger partial charge in [-0.3, -0.25) is 5.41 Å². The molecule has 0 aliphatic carbocycles. The van der Waals surface area contributed by atoms with Crippen LogP contribution in [0.4, 0.5) is 5.82 Å².